The fourth-order valence-corrected chi connectivity index (χ4v) is 2.04. The summed E-state index contributed by atoms with van der Waals surface area (Å²) in [6, 6.07) is 0. The molecule has 1 aromatic heterocycles. The lowest BCUT2D eigenvalue weighted by Crippen LogP contribution is -2.16. The van der Waals surface area contributed by atoms with Crippen molar-refractivity contribution in [3.8, 4) is 0 Å². The molecule has 0 amide bonds. The van der Waals surface area contributed by atoms with Gasteiger partial charge in [0, 0.05) is 18.2 Å². The highest BCUT2D eigenvalue weighted by Crippen LogP contribution is 2.36. The maximum absolute atomic E-state index is 11.6. The van der Waals surface area contributed by atoms with Gasteiger partial charge in [-0.25, -0.2) is 0 Å². The van der Waals surface area contributed by atoms with Crippen LogP contribution in [0.25, 0.3) is 6.08 Å². The van der Waals surface area contributed by atoms with Crippen molar-refractivity contribution in [1.82, 2.24) is 4.98 Å². The number of ether oxygens (including phenoxy) is 1. The molecule has 4 heteroatoms. The first kappa shape index (κ1) is 12.6. The van der Waals surface area contributed by atoms with Crippen molar-refractivity contribution in [3.63, 3.8) is 0 Å². The molecule has 0 aromatic carbocycles. The monoisotopic (exact) mass is 247 g/mol. The van der Waals surface area contributed by atoms with Crippen molar-refractivity contribution in [2.75, 3.05) is 0 Å². The third-order valence-electron chi connectivity index (χ3n) is 3.46. The van der Waals surface area contributed by atoms with Gasteiger partial charge >= 0.3 is 5.97 Å². The maximum atomic E-state index is 11.6. The van der Waals surface area contributed by atoms with E-state index in [1.54, 1.807) is 0 Å². The van der Waals surface area contributed by atoms with Crippen LogP contribution in [0.1, 0.15) is 47.6 Å². The molecule has 0 atom stereocenters. The van der Waals surface area contributed by atoms with Crippen LogP contribution in [0.2, 0.25) is 0 Å². The van der Waals surface area contributed by atoms with Crippen molar-refractivity contribution in [3.05, 3.63) is 28.3 Å². The Kier molecular flexibility index (Phi) is 2.89. The zero-order valence-corrected chi connectivity index (χ0v) is 11.1. The second kappa shape index (κ2) is 4.12. The lowest BCUT2D eigenvalue weighted by Gasteiger charge is -2.07. The fourth-order valence-electron chi connectivity index (χ4n) is 2.04. The van der Waals surface area contributed by atoms with Crippen molar-refractivity contribution in [1.29, 1.82) is 0 Å². The average Bonchev–Trinajstić information content (AvgIpc) is 2.70. The van der Waals surface area contributed by atoms with Crippen molar-refractivity contribution < 1.29 is 14.3 Å². The normalized spacial score (nSPS) is 20.2. The predicted octanol–water partition coefficient (Wildman–Crippen LogP) is 2.76. The van der Waals surface area contributed by atoms with Gasteiger partial charge in [0.05, 0.1) is 11.1 Å². The Bertz CT molecular complexity index is 550. The number of aromatic amines is 1. The highest BCUT2D eigenvalue weighted by molar-refractivity contribution is 5.82. The van der Waals surface area contributed by atoms with Crippen LogP contribution in [0.15, 0.2) is 5.76 Å². The Morgan fingerprint density at radius 1 is 1.22 bits per heavy atom. The number of esters is 1. The Hall–Kier alpha value is -1.84. The number of aromatic nitrogens is 1. The first-order valence-corrected chi connectivity index (χ1v) is 5.92. The SMILES string of the molecule is Cc1c(C=O)[nH]c(/C=C2\CC(C)(C)C(=O)O2)c1C. The lowest BCUT2D eigenvalue weighted by atomic mass is 9.91. The molecule has 0 aliphatic carbocycles. The molecule has 96 valence electrons. The summed E-state index contributed by atoms with van der Waals surface area (Å²) in [5.41, 5.74) is 2.87. The van der Waals surface area contributed by atoms with Crippen molar-refractivity contribution >= 4 is 18.3 Å². The molecular formula is C14H17NO3. The zero-order chi connectivity index (χ0) is 13.5. The second-order valence-electron chi connectivity index (χ2n) is 5.38. The molecule has 1 aliphatic heterocycles. The van der Waals surface area contributed by atoms with E-state index in [1.807, 2.05) is 33.8 Å². The van der Waals surface area contributed by atoms with Gasteiger partial charge in [0.2, 0.25) is 0 Å². The smallest absolute Gasteiger partial charge is 0.317 e. The fraction of sp³-hybridized carbons (Fsp3) is 0.429. The molecule has 1 aromatic rings. The Morgan fingerprint density at radius 2 is 1.83 bits per heavy atom. The summed E-state index contributed by atoms with van der Waals surface area (Å²) in [6.45, 7) is 7.55. The molecule has 2 heterocycles. The van der Waals surface area contributed by atoms with Gasteiger partial charge in [-0.15, -0.1) is 0 Å². The quantitative estimate of drug-likeness (QED) is 0.645. The minimum atomic E-state index is -0.463. The number of cyclic esters (lactones) is 1. The van der Waals surface area contributed by atoms with Gasteiger partial charge in [-0.1, -0.05) is 0 Å². The van der Waals surface area contributed by atoms with E-state index in [4.69, 9.17) is 4.74 Å². The number of allylic oxidation sites excluding steroid dienone is 1. The molecule has 2 rings (SSSR count). The zero-order valence-electron chi connectivity index (χ0n) is 11.1. The highest BCUT2D eigenvalue weighted by atomic mass is 16.5. The first-order valence-electron chi connectivity index (χ1n) is 5.92. The summed E-state index contributed by atoms with van der Waals surface area (Å²) in [5, 5.41) is 0. The van der Waals surface area contributed by atoms with Gasteiger partial charge in [0.25, 0.3) is 0 Å². The van der Waals surface area contributed by atoms with Gasteiger partial charge in [-0.05, 0) is 38.8 Å². The summed E-state index contributed by atoms with van der Waals surface area (Å²) in [6.07, 6.45) is 3.19. The topological polar surface area (TPSA) is 59.2 Å². The number of carbonyl (C=O) groups is 2. The average molecular weight is 247 g/mol. The molecule has 18 heavy (non-hydrogen) atoms. The Morgan fingerprint density at radius 3 is 2.28 bits per heavy atom. The van der Waals surface area contributed by atoms with Crippen LogP contribution in [0.5, 0.6) is 0 Å². The van der Waals surface area contributed by atoms with Gasteiger partial charge in [0.1, 0.15) is 5.76 Å². The van der Waals surface area contributed by atoms with Crippen LogP contribution in [0, 0.1) is 19.3 Å². The molecule has 0 saturated carbocycles. The van der Waals surface area contributed by atoms with Gasteiger partial charge in [-0.3, -0.25) is 9.59 Å². The second-order valence-corrected chi connectivity index (χ2v) is 5.38. The predicted molar refractivity (Wildman–Crippen MR) is 68.1 cm³/mol. The number of hydrogen-bond acceptors (Lipinski definition) is 3. The van der Waals surface area contributed by atoms with E-state index < -0.39 is 5.41 Å². The van der Waals surface area contributed by atoms with Gasteiger partial charge in [-0.2, -0.15) is 0 Å². The van der Waals surface area contributed by atoms with Crippen molar-refractivity contribution in [2.24, 2.45) is 5.41 Å². The van der Waals surface area contributed by atoms with Gasteiger partial charge in [0.15, 0.2) is 6.29 Å². The van der Waals surface area contributed by atoms with E-state index in [0.717, 1.165) is 23.1 Å². The standard InChI is InChI=1S/C14H17NO3/c1-8-9(2)12(7-16)15-11(8)5-10-6-14(3,4)13(17)18-10/h5,7,15H,6H2,1-4H3/b10-5+. The molecule has 1 saturated heterocycles. The van der Waals surface area contributed by atoms with E-state index in [2.05, 4.69) is 4.98 Å². The third-order valence-corrected chi connectivity index (χ3v) is 3.46. The Balaban J connectivity index is 2.36. The summed E-state index contributed by atoms with van der Waals surface area (Å²) < 4.78 is 5.23. The minimum Gasteiger partial charge on any atom is -0.431 e. The van der Waals surface area contributed by atoms with E-state index in [-0.39, 0.29) is 5.97 Å². The van der Waals surface area contributed by atoms with Crippen LogP contribution in [0.3, 0.4) is 0 Å². The van der Waals surface area contributed by atoms with Crippen molar-refractivity contribution in [2.45, 2.75) is 34.1 Å². The van der Waals surface area contributed by atoms with Crippen LogP contribution in [-0.4, -0.2) is 17.2 Å². The summed E-state index contributed by atoms with van der Waals surface area (Å²) in [7, 11) is 0. The molecule has 0 radical (unpaired) electrons. The highest BCUT2D eigenvalue weighted by Gasteiger charge is 2.38. The maximum Gasteiger partial charge on any atom is 0.317 e. The van der Waals surface area contributed by atoms with Crippen LogP contribution in [-0.2, 0) is 9.53 Å². The van der Waals surface area contributed by atoms with Crippen LogP contribution >= 0.6 is 0 Å². The van der Waals surface area contributed by atoms with Gasteiger partial charge < -0.3 is 9.72 Å². The largest absolute Gasteiger partial charge is 0.431 e. The molecule has 0 spiro atoms. The van der Waals surface area contributed by atoms with Crippen LogP contribution in [0.4, 0.5) is 0 Å². The van der Waals surface area contributed by atoms with E-state index in [9.17, 15) is 9.59 Å². The minimum absolute atomic E-state index is 0.203. The molecule has 1 N–H and O–H groups in total. The number of rotatable bonds is 2. The number of aldehydes is 1. The van der Waals surface area contributed by atoms with E-state index >= 15 is 0 Å². The van der Waals surface area contributed by atoms with E-state index in [0.29, 0.717) is 17.9 Å². The molecule has 0 bridgehead atoms. The molecule has 1 aliphatic rings. The molecule has 0 unspecified atom stereocenters. The Labute approximate surface area is 106 Å². The third kappa shape index (κ3) is 1.98. The molecule has 4 nitrogen and oxygen atoms in total. The lowest BCUT2D eigenvalue weighted by molar-refractivity contribution is -0.142. The number of hydrogen-bond donors (Lipinski definition) is 1. The number of carbonyl (C=O) groups excluding carboxylic acids is 2. The summed E-state index contributed by atoms with van der Waals surface area (Å²) in [5.74, 6) is 0.442. The number of nitrogens with one attached hydrogen (secondary N) is 1. The molecule has 1 fully saturated rings. The number of H-pyrrole nitrogens is 1. The van der Waals surface area contributed by atoms with Crippen LogP contribution < -0.4 is 0 Å². The van der Waals surface area contributed by atoms with E-state index in [1.165, 1.54) is 0 Å². The summed E-state index contributed by atoms with van der Waals surface area (Å²) >= 11 is 0. The molecular weight excluding hydrogens is 230 g/mol. The first-order chi connectivity index (χ1) is 8.35. The summed E-state index contributed by atoms with van der Waals surface area (Å²) in [4.78, 5) is 25.5.